The van der Waals surface area contributed by atoms with Crippen LogP contribution < -0.4 is 5.32 Å². The van der Waals surface area contributed by atoms with Gasteiger partial charge in [-0.25, -0.2) is 4.79 Å². The smallest absolute Gasteiger partial charge is 0.326 e. The van der Waals surface area contributed by atoms with Gasteiger partial charge in [0.25, 0.3) is 0 Å². The second kappa shape index (κ2) is 4.78. The number of carbonyl (C=O) groups is 1. The summed E-state index contributed by atoms with van der Waals surface area (Å²) in [7, 11) is 0. The third-order valence-electron chi connectivity index (χ3n) is 3.21. The molecule has 1 aliphatic carbocycles. The molecular formula is C14H19NO2. The van der Waals surface area contributed by atoms with Gasteiger partial charge in [-0.2, -0.15) is 0 Å². The molecule has 3 heteroatoms. The van der Waals surface area contributed by atoms with E-state index in [1.54, 1.807) is 0 Å². The van der Waals surface area contributed by atoms with E-state index in [4.69, 9.17) is 5.11 Å². The van der Waals surface area contributed by atoms with Gasteiger partial charge in [0.15, 0.2) is 0 Å². The Bertz CT molecular complexity index is 393. The molecular weight excluding hydrogens is 214 g/mol. The monoisotopic (exact) mass is 233 g/mol. The van der Waals surface area contributed by atoms with Crippen LogP contribution in [0.15, 0.2) is 24.3 Å². The van der Waals surface area contributed by atoms with Gasteiger partial charge >= 0.3 is 5.97 Å². The third-order valence-corrected chi connectivity index (χ3v) is 3.21. The fourth-order valence-corrected chi connectivity index (χ4v) is 1.96. The lowest BCUT2D eigenvalue weighted by Gasteiger charge is -2.19. The minimum absolute atomic E-state index is 0.0654. The van der Waals surface area contributed by atoms with Crippen molar-refractivity contribution < 1.29 is 9.90 Å². The van der Waals surface area contributed by atoms with E-state index in [-0.39, 0.29) is 5.92 Å². The number of carboxylic acids is 1. The van der Waals surface area contributed by atoms with E-state index in [0.29, 0.717) is 0 Å². The molecule has 0 saturated heterocycles. The minimum atomic E-state index is -0.800. The quantitative estimate of drug-likeness (QED) is 0.821. The van der Waals surface area contributed by atoms with Crippen LogP contribution >= 0.6 is 0 Å². The van der Waals surface area contributed by atoms with Gasteiger partial charge in [0.1, 0.15) is 6.04 Å². The highest BCUT2D eigenvalue weighted by Crippen LogP contribution is 2.40. The molecule has 2 N–H and O–H groups in total. The Morgan fingerprint density at radius 3 is 2.29 bits per heavy atom. The van der Waals surface area contributed by atoms with Gasteiger partial charge in [-0.3, -0.25) is 0 Å². The molecule has 92 valence electrons. The lowest BCUT2D eigenvalue weighted by atomic mass is 10.0. The van der Waals surface area contributed by atoms with Crippen molar-refractivity contribution in [1.29, 1.82) is 0 Å². The van der Waals surface area contributed by atoms with Gasteiger partial charge in [-0.1, -0.05) is 26.0 Å². The van der Waals surface area contributed by atoms with Crippen LogP contribution in [0.5, 0.6) is 0 Å². The number of carboxylic acid groups (broad SMARTS) is 1. The Balaban J connectivity index is 2.03. The minimum Gasteiger partial charge on any atom is -0.480 e. The number of hydrogen-bond acceptors (Lipinski definition) is 2. The average Bonchev–Trinajstić information content (AvgIpc) is 3.09. The van der Waals surface area contributed by atoms with Crippen molar-refractivity contribution in [3.05, 3.63) is 29.8 Å². The number of rotatable bonds is 5. The first-order valence-corrected chi connectivity index (χ1v) is 6.17. The van der Waals surface area contributed by atoms with Crippen LogP contribution in [0.1, 0.15) is 38.2 Å². The van der Waals surface area contributed by atoms with Gasteiger partial charge in [0.2, 0.25) is 0 Å². The molecule has 0 heterocycles. The summed E-state index contributed by atoms with van der Waals surface area (Å²) in [5.41, 5.74) is 2.25. The standard InChI is InChI=1S/C14H19NO2/c1-9(2)13(14(16)17)15-12-7-5-11(6-8-12)10-3-4-10/h5-10,13,15H,3-4H2,1-2H3,(H,16,17). The molecule has 0 amide bonds. The molecule has 0 aromatic heterocycles. The van der Waals surface area contributed by atoms with Crippen molar-refractivity contribution in [2.75, 3.05) is 5.32 Å². The number of benzene rings is 1. The maximum Gasteiger partial charge on any atom is 0.326 e. The predicted molar refractivity (Wildman–Crippen MR) is 68.3 cm³/mol. The fraction of sp³-hybridized carbons (Fsp3) is 0.500. The number of anilines is 1. The van der Waals surface area contributed by atoms with E-state index < -0.39 is 12.0 Å². The van der Waals surface area contributed by atoms with E-state index in [9.17, 15) is 4.79 Å². The highest BCUT2D eigenvalue weighted by atomic mass is 16.4. The van der Waals surface area contributed by atoms with Crippen LogP contribution in [-0.2, 0) is 4.79 Å². The van der Waals surface area contributed by atoms with Crippen LogP contribution in [0.25, 0.3) is 0 Å². The van der Waals surface area contributed by atoms with E-state index in [1.807, 2.05) is 26.0 Å². The molecule has 0 radical (unpaired) electrons. The van der Waals surface area contributed by atoms with Crippen LogP contribution in [0.4, 0.5) is 5.69 Å². The van der Waals surface area contributed by atoms with E-state index in [0.717, 1.165) is 11.6 Å². The zero-order valence-corrected chi connectivity index (χ0v) is 10.3. The van der Waals surface area contributed by atoms with Crippen LogP contribution in [0.2, 0.25) is 0 Å². The summed E-state index contributed by atoms with van der Waals surface area (Å²) < 4.78 is 0. The van der Waals surface area contributed by atoms with Gasteiger partial charge in [0, 0.05) is 5.69 Å². The predicted octanol–water partition coefficient (Wildman–Crippen LogP) is 3.09. The van der Waals surface area contributed by atoms with Gasteiger partial charge in [-0.05, 0) is 42.4 Å². The Hall–Kier alpha value is -1.51. The molecule has 1 aromatic rings. The zero-order chi connectivity index (χ0) is 12.4. The maximum atomic E-state index is 11.1. The number of nitrogens with one attached hydrogen (secondary N) is 1. The van der Waals surface area contributed by atoms with Gasteiger partial charge in [0.05, 0.1) is 0 Å². The summed E-state index contributed by atoms with van der Waals surface area (Å²) in [5.74, 6) is 0.00583. The summed E-state index contributed by atoms with van der Waals surface area (Å²) in [4.78, 5) is 11.1. The summed E-state index contributed by atoms with van der Waals surface area (Å²) in [6, 6.07) is 7.62. The van der Waals surface area contributed by atoms with E-state index in [2.05, 4.69) is 17.4 Å². The second-order valence-corrected chi connectivity index (χ2v) is 5.10. The van der Waals surface area contributed by atoms with Gasteiger partial charge < -0.3 is 10.4 Å². The average molecular weight is 233 g/mol. The molecule has 1 atom stereocenters. The van der Waals surface area contributed by atoms with Crippen molar-refractivity contribution in [1.82, 2.24) is 0 Å². The first-order chi connectivity index (χ1) is 8.08. The van der Waals surface area contributed by atoms with Crippen molar-refractivity contribution in [3.8, 4) is 0 Å². The zero-order valence-electron chi connectivity index (χ0n) is 10.3. The Morgan fingerprint density at radius 2 is 1.88 bits per heavy atom. The summed E-state index contributed by atoms with van der Waals surface area (Å²) >= 11 is 0. The molecule has 2 rings (SSSR count). The molecule has 0 aliphatic heterocycles. The molecule has 1 aromatic carbocycles. The molecule has 1 fully saturated rings. The van der Waals surface area contributed by atoms with Crippen LogP contribution in [0.3, 0.4) is 0 Å². The molecule has 0 bridgehead atoms. The second-order valence-electron chi connectivity index (χ2n) is 5.10. The fourth-order valence-electron chi connectivity index (χ4n) is 1.96. The molecule has 1 saturated carbocycles. The summed E-state index contributed by atoms with van der Waals surface area (Å²) in [6.45, 7) is 3.81. The Labute approximate surface area is 102 Å². The largest absolute Gasteiger partial charge is 0.480 e. The van der Waals surface area contributed by atoms with Crippen LogP contribution in [-0.4, -0.2) is 17.1 Å². The lowest BCUT2D eigenvalue weighted by molar-refractivity contribution is -0.138. The first-order valence-electron chi connectivity index (χ1n) is 6.17. The Morgan fingerprint density at radius 1 is 1.29 bits per heavy atom. The van der Waals surface area contributed by atoms with Crippen molar-refractivity contribution in [3.63, 3.8) is 0 Å². The van der Waals surface area contributed by atoms with Crippen molar-refractivity contribution >= 4 is 11.7 Å². The molecule has 3 nitrogen and oxygen atoms in total. The molecule has 1 unspecified atom stereocenters. The van der Waals surface area contributed by atoms with Crippen molar-refractivity contribution in [2.24, 2.45) is 5.92 Å². The number of aliphatic carboxylic acids is 1. The SMILES string of the molecule is CC(C)C(Nc1ccc(C2CC2)cc1)C(=O)O. The first kappa shape index (κ1) is 12.0. The maximum absolute atomic E-state index is 11.1. The normalized spacial score (nSPS) is 16.9. The topological polar surface area (TPSA) is 49.3 Å². The summed E-state index contributed by atoms with van der Waals surface area (Å²) in [5, 5.41) is 12.2. The van der Waals surface area contributed by atoms with Gasteiger partial charge in [-0.15, -0.1) is 0 Å². The summed E-state index contributed by atoms with van der Waals surface area (Å²) in [6.07, 6.45) is 2.58. The van der Waals surface area contributed by atoms with Crippen LogP contribution in [0, 0.1) is 5.92 Å². The highest BCUT2D eigenvalue weighted by Gasteiger charge is 2.24. The molecule has 0 spiro atoms. The lowest BCUT2D eigenvalue weighted by Crippen LogP contribution is -2.34. The van der Waals surface area contributed by atoms with E-state index >= 15 is 0 Å². The van der Waals surface area contributed by atoms with Crippen molar-refractivity contribution in [2.45, 2.75) is 38.6 Å². The van der Waals surface area contributed by atoms with E-state index in [1.165, 1.54) is 18.4 Å². The molecule has 17 heavy (non-hydrogen) atoms. The highest BCUT2D eigenvalue weighted by molar-refractivity contribution is 5.77. The Kier molecular flexibility index (Phi) is 3.36. The number of hydrogen-bond donors (Lipinski definition) is 2. The third kappa shape index (κ3) is 2.99. The molecule has 1 aliphatic rings.